The van der Waals surface area contributed by atoms with Crippen molar-refractivity contribution in [2.75, 3.05) is 20.1 Å². The Morgan fingerprint density at radius 3 is 2.44 bits per heavy atom. The molecule has 0 unspecified atom stereocenters. The minimum Gasteiger partial charge on any atom is -0.336 e. The quantitative estimate of drug-likeness (QED) is 0.295. The molecule has 0 aromatic rings. The normalized spacial score (nSPS) is 23.3. The summed E-state index contributed by atoms with van der Waals surface area (Å²) in [4.78, 5) is 2.37. The van der Waals surface area contributed by atoms with E-state index in [2.05, 4.69) is 18.9 Å². The molecule has 0 aromatic heterocycles. The van der Waals surface area contributed by atoms with Gasteiger partial charge in [0.2, 0.25) is 0 Å². The molecule has 0 spiro atoms. The fourth-order valence-electron chi connectivity index (χ4n) is 1.27. The molecule has 0 radical (unpaired) electrons. The Morgan fingerprint density at radius 1 is 1.44 bits per heavy atom. The molecular weight excluding hydrogens is 137 g/mol. The van der Waals surface area contributed by atoms with Gasteiger partial charge in [-0.3, -0.25) is 0 Å². The molecule has 0 aliphatic carbocycles. The van der Waals surface area contributed by atoms with Gasteiger partial charge in [0.1, 0.15) is 0 Å². The topological polar surface area (TPSA) is 3.24 Å². The van der Waals surface area contributed by atoms with Crippen LogP contribution in [0.2, 0.25) is 0 Å². The van der Waals surface area contributed by atoms with Gasteiger partial charge in [-0.2, -0.15) is 13.3 Å². The van der Waals surface area contributed by atoms with Crippen molar-refractivity contribution in [3.05, 3.63) is 5.92 Å². The molecule has 0 saturated carbocycles. The van der Waals surface area contributed by atoms with E-state index < -0.39 is 0 Å². The van der Waals surface area contributed by atoms with Crippen LogP contribution < -0.4 is 51.4 Å². The van der Waals surface area contributed by atoms with Gasteiger partial charge >= 0.3 is 51.4 Å². The summed E-state index contributed by atoms with van der Waals surface area (Å²) in [7, 11) is 2.18. The Morgan fingerprint density at radius 2 is 2.11 bits per heavy atom. The molecule has 1 saturated heterocycles. The van der Waals surface area contributed by atoms with Gasteiger partial charge in [-0.1, -0.05) is 6.42 Å². The van der Waals surface area contributed by atoms with Gasteiger partial charge in [0.05, 0.1) is 0 Å². The van der Waals surface area contributed by atoms with E-state index in [0.29, 0.717) is 0 Å². The Kier molecular flexibility index (Phi) is 6.21. The molecule has 0 amide bonds. The number of rotatable bonds is 0. The summed E-state index contributed by atoms with van der Waals surface area (Å²) >= 11 is 0. The largest absolute Gasteiger partial charge is 1.00 e. The van der Waals surface area contributed by atoms with Gasteiger partial charge in [0.25, 0.3) is 0 Å². The minimum absolute atomic E-state index is 0. The molecule has 0 bridgehead atoms. The van der Waals surface area contributed by atoms with Crippen LogP contribution in [-0.2, 0) is 0 Å². The van der Waals surface area contributed by atoms with Crippen molar-refractivity contribution >= 4 is 0 Å². The molecule has 2 heteroatoms. The predicted octanol–water partition coefficient (Wildman–Crippen LogP) is -1.69. The standard InChI is InChI=1S/C7H14N.K/c1-7-4-3-5-8(2)6-7;/h3-6H2,1-2H3;/q-1;+1. The van der Waals surface area contributed by atoms with E-state index in [1.807, 2.05) is 0 Å². The third-order valence-electron chi connectivity index (χ3n) is 1.68. The maximum atomic E-state index is 2.37. The number of hydrogen-bond acceptors (Lipinski definition) is 1. The summed E-state index contributed by atoms with van der Waals surface area (Å²) < 4.78 is 0. The molecule has 9 heavy (non-hydrogen) atoms. The second-order valence-electron chi connectivity index (χ2n) is 2.80. The van der Waals surface area contributed by atoms with Crippen LogP contribution in [0.1, 0.15) is 19.8 Å². The first kappa shape index (κ1) is 10.6. The molecule has 0 N–H and O–H groups in total. The smallest absolute Gasteiger partial charge is 0.336 e. The maximum absolute atomic E-state index is 2.37. The minimum atomic E-state index is 0. The molecule has 48 valence electrons. The zero-order chi connectivity index (χ0) is 5.98. The second kappa shape index (κ2) is 5.27. The van der Waals surface area contributed by atoms with E-state index in [9.17, 15) is 0 Å². The zero-order valence-electron chi connectivity index (χ0n) is 6.78. The van der Waals surface area contributed by atoms with Crippen LogP contribution in [0, 0.1) is 5.92 Å². The molecule has 0 atom stereocenters. The Hall–Kier alpha value is 1.60. The molecule has 1 nitrogen and oxygen atoms in total. The SMILES string of the molecule is C[C-]1CCCN(C)C1.[K+]. The van der Waals surface area contributed by atoms with Crippen molar-refractivity contribution < 1.29 is 51.4 Å². The van der Waals surface area contributed by atoms with Crippen molar-refractivity contribution in [3.8, 4) is 0 Å². The van der Waals surface area contributed by atoms with E-state index in [1.165, 1.54) is 25.9 Å². The first-order valence-electron chi connectivity index (χ1n) is 3.29. The van der Waals surface area contributed by atoms with Gasteiger partial charge in [-0.25, -0.2) is 0 Å². The van der Waals surface area contributed by atoms with Crippen LogP contribution in [0.4, 0.5) is 0 Å². The summed E-state index contributed by atoms with van der Waals surface area (Å²) in [6.07, 6.45) is 2.71. The van der Waals surface area contributed by atoms with E-state index in [-0.39, 0.29) is 51.4 Å². The van der Waals surface area contributed by atoms with Crippen molar-refractivity contribution in [2.24, 2.45) is 0 Å². The third kappa shape index (κ3) is 4.12. The average molecular weight is 151 g/mol. The van der Waals surface area contributed by atoms with Crippen molar-refractivity contribution in [3.63, 3.8) is 0 Å². The van der Waals surface area contributed by atoms with Gasteiger partial charge in [-0.05, 0) is 13.6 Å². The number of piperidine rings is 1. The van der Waals surface area contributed by atoms with Crippen LogP contribution in [0.3, 0.4) is 0 Å². The van der Waals surface area contributed by atoms with Crippen LogP contribution in [-0.4, -0.2) is 25.0 Å². The fourth-order valence-corrected chi connectivity index (χ4v) is 1.27. The molecular formula is C7H14KN. The number of nitrogens with zero attached hydrogens (tertiary/aromatic N) is 1. The van der Waals surface area contributed by atoms with Gasteiger partial charge in [-0.15, -0.1) is 6.54 Å². The summed E-state index contributed by atoms with van der Waals surface area (Å²) in [6, 6.07) is 0. The Labute approximate surface area is 101 Å². The zero-order valence-corrected chi connectivity index (χ0v) is 9.90. The second-order valence-corrected chi connectivity index (χ2v) is 2.80. The molecule has 1 aliphatic rings. The first-order valence-corrected chi connectivity index (χ1v) is 3.29. The summed E-state index contributed by atoms with van der Waals surface area (Å²) in [5, 5.41) is 0. The molecule has 1 aliphatic heterocycles. The fraction of sp³-hybridized carbons (Fsp3) is 0.857. The summed E-state index contributed by atoms with van der Waals surface area (Å²) in [6.45, 7) is 4.76. The predicted molar refractivity (Wildman–Crippen MR) is 35.6 cm³/mol. The van der Waals surface area contributed by atoms with Gasteiger partial charge in [0.15, 0.2) is 0 Å². The number of likely N-dealkylation sites (tertiary alicyclic amines) is 1. The van der Waals surface area contributed by atoms with Crippen LogP contribution in [0.25, 0.3) is 0 Å². The maximum Gasteiger partial charge on any atom is 1.00 e. The first-order chi connectivity index (χ1) is 3.79. The summed E-state index contributed by atoms with van der Waals surface area (Å²) in [5.74, 6) is 1.64. The van der Waals surface area contributed by atoms with Gasteiger partial charge in [0, 0.05) is 0 Å². The van der Waals surface area contributed by atoms with E-state index in [0.717, 1.165) is 0 Å². The van der Waals surface area contributed by atoms with Crippen molar-refractivity contribution in [1.82, 2.24) is 4.90 Å². The molecule has 1 rings (SSSR count). The van der Waals surface area contributed by atoms with E-state index in [4.69, 9.17) is 0 Å². The van der Waals surface area contributed by atoms with Crippen LogP contribution in [0.5, 0.6) is 0 Å². The van der Waals surface area contributed by atoms with Crippen LogP contribution in [0.15, 0.2) is 0 Å². The monoisotopic (exact) mass is 151 g/mol. The Bertz CT molecular complexity index is 67.3. The third-order valence-corrected chi connectivity index (χ3v) is 1.68. The van der Waals surface area contributed by atoms with E-state index in [1.54, 1.807) is 5.92 Å². The number of hydrogen-bond donors (Lipinski definition) is 0. The van der Waals surface area contributed by atoms with Crippen molar-refractivity contribution in [2.45, 2.75) is 19.8 Å². The molecule has 0 aromatic carbocycles. The average Bonchev–Trinajstić information content (AvgIpc) is 1.64. The van der Waals surface area contributed by atoms with Crippen molar-refractivity contribution in [1.29, 1.82) is 0 Å². The Balaban J connectivity index is 0.000000640. The molecule has 1 heterocycles. The van der Waals surface area contributed by atoms with Gasteiger partial charge < -0.3 is 10.8 Å². The summed E-state index contributed by atoms with van der Waals surface area (Å²) in [5.41, 5.74) is 0. The molecule has 1 fully saturated rings. The van der Waals surface area contributed by atoms with Crippen LogP contribution >= 0.6 is 0 Å². The van der Waals surface area contributed by atoms with E-state index >= 15 is 0 Å².